The molecule has 0 aromatic carbocycles. The van der Waals surface area contributed by atoms with Crippen molar-refractivity contribution in [3.63, 3.8) is 0 Å². The van der Waals surface area contributed by atoms with Gasteiger partial charge in [-0.3, -0.25) is 0 Å². The minimum atomic E-state index is -0.175. The molecule has 0 spiro atoms. The second-order valence-electron chi connectivity index (χ2n) is 6.47. The minimum absolute atomic E-state index is 0.175. The highest BCUT2D eigenvalue weighted by atomic mass is 15.2. The summed E-state index contributed by atoms with van der Waals surface area (Å²) in [4.78, 5) is 0. The standard InChI is InChI=1S/C18H26N2/c1-15(2)17(11-7-5-8-12-17)19-20-18(16(3)4)13-9-6-10-14-18/h5-11,13,15-16H,12,14H2,1-4H3/b20-19+. The fraction of sp³-hybridized carbons (Fsp3) is 0.556. The van der Waals surface area contributed by atoms with Gasteiger partial charge in [0.1, 0.15) is 11.1 Å². The Hall–Kier alpha value is -1.44. The lowest BCUT2D eigenvalue weighted by Gasteiger charge is -2.34. The molecule has 0 fully saturated rings. The molecule has 0 amide bonds. The molecule has 2 heteroatoms. The Morgan fingerprint density at radius 3 is 1.35 bits per heavy atom. The lowest BCUT2D eigenvalue weighted by Crippen LogP contribution is -2.35. The minimum Gasteiger partial charge on any atom is -0.182 e. The predicted octanol–water partition coefficient (Wildman–Crippen LogP) is 5.26. The number of hydrogen-bond donors (Lipinski definition) is 0. The van der Waals surface area contributed by atoms with Crippen molar-refractivity contribution >= 4 is 0 Å². The first-order chi connectivity index (χ1) is 9.51. The van der Waals surface area contributed by atoms with Crippen molar-refractivity contribution in [3.05, 3.63) is 48.6 Å². The fourth-order valence-electron chi connectivity index (χ4n) is 2.67. The molecule has 2 unspecified atom stereocenters. The molecule has 0 aliphatic heterocycles. The highest BCUT2D eigenvalue weighted by molar-refractivity contribution is 5.24. The molecule has 20 heavy (non-hydrogen) atoms. The van der Waals surface area contributed by atoms with Gasteiger partial charge < -0.3 is 0 Å². The Kier molecular flexibility index (Phi) is 4.42. The third kappa shape index (κ3) is 2.84. The second kappa shape index (κ2) is 5.90. The molecule has 2 aliphatic carbocycles. The maximum absolute atomic E-state index is 4.83. The van der Waals surface area contributed by atoms with Crippen LogP contribution >= 0.6 is 0 Å². The number of nitrogens with zero attached hydrogens (tertiary/aromatic N) is 2. The quantitative estimate of drug-likeness (QED) is 0.622. The summed E-state index contributed by atoms with van der Waals surface area (Å²) in [5.41, 5.74) is -0.350. The molecule has 0 saturated carbocycles. The Bertz CT molecular complexity index is 436. The zero-order chi connectivity index (χ0) is 14.6. The summed E-state index contributed by atoms with van der Waals surface area (Å²) in [6, 6.07) is 0. The molecule has 0 bridgehead atoms. The van der Waals surface area contributed by atoms with E-state index in [0.717, 1.165) is 12.8 Å². The topological polar surface area (TPSA) is 24.7 Å². The smallest absolute Gasteiger partial charge is 0.106 e. The number of allylic oxidation sites excluding steroid dienone is 4. The summed E-state index contributed by atoms with van der Waals surface area (Å²) in [6.07, 6.45) is 19.1. The van der Waals surface area contributed by atoms with E-state index in [2.05, 4.69) is 76.3 Å². The van der Waals surface area contributed by atoms with E-state index in [-0.39, 0.29) is 11.1 Å². The normalized spacial score (nSPS) is 32.9. The van der Waals surface area contributed by atoms with Crippen molar-refractivity contribution in [1.82, 2.24) is 0 Å². The first-order valence-electron chi connectivity index (χ1n) is 7.63. The Balaban J connectivity index is 2.29. The molecule has 2 rings (SSSR count). The van der Waals surface area contributed by atoms with E-state index in [1.165, 1.54) is 0 Å². The van der Waals surface area contributed by atoms with Gasteiger partial charge >= 0.3 is 0 Å². The molecule has 0 radical (unpaired) electrons. The van der Waals surface area contributed by atoms with Crippen LogP contribution in [-0.2, 0) is 0 Å². The van der Waals surface area contributed by atoms with Crippen molar-refractivity contribution in [2.24, 2.45) is 22.1 Å². The molecule has 2 nitrogen and oxygen atoms in total. The van der Waals surface area contributed by atoms with Crippen LogP contribution in [0.3, 0.4) is 0 Å². The highest BCUT2D eigenvalue weighted by Gasteiger charge is 2.35. The average Bonchev–Trinajstić information content (AvgIpc) is 2.47. The van der Waals surface area contributed by atoms with E-state index in [4.69, 9.17) is 10.2 Å². The first kappa shape index (κ1) is 15.0. The second-order valence-corrected chi connectivity index (χ2v) is 6.47. The SMILES string of the molecule is CC(C)C1(/N=N/C2(C(C)C)C=CC=CC2)C=CC=CC1. The van der Waals surface area contributed by atoms with Gasteiger partial charge in [0, 0.05) is 0 Å². The Morgan fingerprint density at radius 2 is 1.10 bits per heavy atom. The number of rotatable bonds is 4. The molecule has 0 aromatic heterocycles. The van der Waals surface area contributed by atoms with Crippen LogP contribution in [0.2, 0.25) is 0 Å². The first-order valence-corrected chi connectivity index (χ1v) is 7.63. The van der Waals surface area contributed by atoms with Crippen LogP contribution in [0, 0.1) is 11.8 Å². The summed E-state index contributed by atoms with van der Waals surface area (Å²) >= 11 is 0. The third-order valence-electron chi connectivity index (χ3n) is 4.58. The number of hydrogen-bond acceptors (Lipinski definition) is 2. The number of azo groups is 1. The Morgan fingerprint density at radius 1 is 0.700 bits per heavy atom. The van der Waals surface area contributed by atoms with Crippen LogP contribution in [0.25, 0.3) is 0 Å². The van der Waals surface area contributed by atoms with Gasteiger partial charge in [0.15, 0.2) is 0 Å². The molecular weight excluding hydrogens is 244 g/mol. The van der Waals surface area contributed by atoms with Gasteiger partial charge in [-0.15, -0.1) is 0 Å². The van der Waals surface area contributed by atoms with Crippen LogP contribution in [0.5, 0.6) is 0 Å². The zero-order valence-corrected chi connectivity index (χ0v) is 13.1. The van der Waals surface area contributed by atoms with Crippen molar-refractivity contribution in [3.8, 4) is 0 Å². The van der Waals surface area contributed by atoms with Crippen molar-refractivity contribution < 1.29 is 0 Å². The predicted molar refractivity (Wildman–Crippen MR) is 85.8 cm³/mol. The summed E-state index contributed by atoms with van der Waals surface area (Å²) in [6.45, 7) is 8.89. The maximum atomic E-state index is 4.83. The highest BCUT2D eigenvalue weighted by Crippen LogP contribution is 2.36. The lowest BCUT2D eigenvalue weighted by atomic mass is 9.80. The van der Waals surface area contributed by atoms with Gasteiger partial charge in [0.25, 0.3) is 0 Å². The van der Waals surface area contributed by atoms with E-state index in [9.17, 15) is 0 Å². The van der Waals surface area contributed by atoms with Gasteiger partial charge in [-0.1, -0.05) is 76.3 Å². The monoisotopic (exact) mass is 270 g/mol. The van der Waals surface area contributed by atoms with Crippen LogP contribution in [0.1, 0.15) is 40.5 Å². The van der Waals surface area contributed by atoms with Gasteiger partial charge in [0.2, 0.25) is 0 Å². The molecule has 108 valence electrons. The van der Waals surface area contributed by atoms with Crippen molar-refractivity contribution in [1.29, 1.82) is 0 Å². The molecule has 2 atom stereocenters. The molecular formula is C18H26N2. The van der Waals surface area contributed by atoms with Crippen LogP contribution < -0.4 is 0 Å². The largest absolute Gasteiger partial charge is 0.182 e. The molecule has 0 aromatic rings. The van der Waals surface area contributed by atoms with Gasteiger partial charge in [-0.25, -0.2) is 0 Å². The van der Waals surface area contributed by atoms with Crippen molar-refractivity contribution in [2.75, 3.05) is 0 Å². The van der Waals surface area contributed by atoms with Crippen LogP contribution in [0.4, 0.5) is 0 Å². The van der Waals surface area contributed by atoms with Gasteiger partial charge in [-0.05, 0) is 24.7 Å². The van der Waals surface area contributed by atoms with Gasteiger partial charge in [0.05, 0.1) is 0 Å². The van der Waals surface area contributed by atoms with E-state index < -0.39 is 0 Å². The van der Waals surface area contributed by atoms with Crippen LogP contribution in [-0.4, -0.2) is 11.1 Å². The Labute approximate surface area is 123 Å². The third-order valence-corrected chi connectivity index (χ3v) is 4.58. The molecule has 0 saturated heterocycles. The van der Waals surface area contributed by atoms with E-state index in [1.54, 1.807) is 0 Å². The lowest BCUT2D eigenvalue weighted by molar-refractivity contribution is 0.316. The maximum Gasteiger partial charge on any atom is 0.106 e. The van der Waals surface area contributed by atoms with Gasteiger partial charge in [-0.2, -0.15) is 10.2 Å². The summed E-state index contributed by atoms with van der Waals surface area (Å²) in [5, 5.41) is 9.67. The average molecular weight is 270 g/mol. The summed E-state index contributed by atoms with van der Waals surface area (Å²) < 4.78 is 0. The fourth-order valence-corrected chi connectivity index (χ4v) is 2.67. The molecule has 0 heterocycles. The van der Waals surface area contributed by atoms with Crippen LogP contribution in [0.15, 0.2) is 58.8 Å². The molecule has 2 aliphatic rings. The van der Waals surface area contributed by atoms with E-state index in [0.29, 0.717) is 11.8 Å². The summed E-state index contributed by atoms with van der Waals surface area (Å²) in [7, 11) is 0. The summed E-state index contributed by atoms with van der Waals surface area (Å²) in [5.74, 6) is 0.888. The van der Waals surface area contributed by atoms with E-state index >= 15 is 0 Å². The van der Waals surface area contributed by atoms with E-state index in [1.807, 2.05) is 0 Å². The zero-order valence-electron chi connectivity index (χ0n) is 13.1. The van der Waals surface area contributed by atoms with Crippen molar-refractivity contribution in [2.45, 2.75) is 51.6 Å². The molecule has 0 N–H and O–H groups in total.